The molecule has 0 spiro atoms. The minimum absolute atomic E-state index is 0.136. The van der Waals surface area contributed by atoms with Gasteiger partial charge in [0, 0.05) is 12.1 Å². The van der Waals surface area contributed by atoms with E-state index in [1.807, 2.05) is 0 Å². The zero-order chi connectivity index (χ0) is 11.4. The van der Waals surface area contributed by atoms with E-state index in [1.54, 1.807) is 0 Å². The molecule has 6 heteroatoms. The number of nitrogens with two attached hydrogens (primary N) is 1. The maximum absolute atomic E-state index is 11.0. The van der Waals surface area contributed by atoms with Crippen molar-refractivity contribution in [2.45, 2.75) is 0 Å². The number of nitrogens with zero attached hydrogens (tertiary/aromatic N) is 1. The first-order chi connectivity index (χ1) is 7.04. The van der Waals surface area contributed by atoms with E-state index in [0.717, 1.165) is 6.08 Å². The molecule has 0 fully saturated rings. The number of hydrogen-bond acceptors (Lipinski definition) is 4. The monoisotopic (exact) mass is 207 g/mol. The second kappa shape index (κ2) is 4.23. The number of carbonyl (C=O) groups excluding carboxylic acids is 1. The fraction of sp³-hybridized carbons (Fsp3) is 0. The molecule has 0 aliphatic heterocycles. The number of nitrogens with one attached hydrogen (secondary N) is 1. The standard InChI is InChI=1S/C9H9N3O3/c1-2-9(13)11-8-5-6(12(14)15)3-4-7(8)10/h2-5H,1,10H2,(H,11,13). The molecule has 0 atom stereocenters. The SMILES string of the molecule is C=CC(=O)Nc1cc([N+](=O)[O-])ccc1N. The normalized spacial score (nSPS) is 9.33. The smallest absolute Gasteiger partial charge is 0.271 e. The molecule has 0 radical (unpaired) electrons. The highest BCUT2D eigenvalue weighted by molar-refractivity contribution is 6.01. The van der Waals surface area contributed by atoms with Crippen LogP contribution in [0.4, 0.5) is 17.1 Å². The van der Waals surface area contributed by atoms with Crippen molar-refractivity contribution in [3.8, 4) is 0 Å². The van der Waals surface area contributed by atoms with Gasteiger partial charge in [0.15, 0.2) is 0 Å². The quantitative estimate of drug-likeness (QED) is 0.337. The molecule has 0 heterocycles. The molecule has 0 unspecified atom stereocenters. The Labute approximate surface area is 85.5 Å². The maximum atomic E-state index is 11.0. The van der Waals surface area contributed by atoms with Crippen molar-refractivity contribution in [1.29, 1.82) is 0 Å². The van der Waals surface area contributed by atoms with E-state index in [4.69, 9.17) is 5.73 Å². The summed E-state index contributed by atoms with van der Waals surface area (Å²) in [5.41, 5.74) is 5.85. The lowest BCUT2D eigenvalue weighted by atomic mass is 10.2. The van der Waals surface area contributed by atoms with E-state index in [-0.39, 0.29) is 17.1 Å². The van der Waals surface area contributed by atoms with Crippen LogP contribution in [-0.2, 0) is 4.79 Å². The number of nitrogen functional groups attached to an aromatic ring is 1. The molecule has 1 amide bonds. The van der Waals surface area contributed by atoms with Crippen LogP contribution in [0.3, 0.4) is 0 Å². The fourth-order valence-electron chi connectivity index (χ4n) is 0.950. The molecule has 1 aromatic carbocycles. The summed E-state index contributed by atoms with van der Waals surface area (Å²) in [5.74, 6) is -0.470. The summed E-state index contributed by atoms with van der Waals surface area (Å²) in [7, 11) is 0. The van der Waals surface area contributed by atoms with Crippen molar-refractivity contribution in [1.82, 2.24) is 0 Å². The molecule has 0 aliphatic carbocycles. The third kappa shape index (κ3) is 2.53. The molecule has 0 saturated carbocycles. The van der Waals surface area contributed by atoms with Gasteiger partial charge in [-0.15, -0.1) is 0 Å². The van der Waals surface area contributed by atoms with Crippen molar-refractivity contribution in [2.24, 2.45) is 0 Å². The van der Waals surface area contributed by atoms with Gasteiger partial charge in [0.1, 0.15) is 0 Å². The van der Waals surface area contributed by atoms with Crippen LogP contribution < -0.4 is 11.1 Å². The van der Waals surface area contributed by atoms with Gasteiger partial charge in [0.2, 0.25) is 5.91 Å². The van der Waals surface area contributed by atoms with Crippen LogP contribution in [0.15, 0.2) is 30.9 Å². The maximum Gasteiger partial charge on any atom is 0.271 e. The van der Waals surface area contributed by atoms with Gasteiger partial charge < -0.3 is 11.1 Å². The van der Waals surface area contributed by atoms with Crippen molar-refractivity contribution in [2.75, 3.05) is 11.1 Å². The van der Waals surface area contributed by atoms with Gasteiger partial charge in [0.05, 0.1) is 16.3 Å². The van der Waals surface area contributed by atoms with Gasteiger partial charge in [0.25, 0.3) is 5.69 Å². The van der Waals surface area contributed by atoms with Crippen molar-refractivity contribution >= 4 is 23.0 Å². The number of anilines is 2. The minimum atomic E-state index is -0.566. The summed E-state index contributed by atoms with van der Waals surface area (Å²) in [4.78, 5) is 20.8. The zero-order valence-electron chi connectivity index (χ0n) is 7.77. The highest BCUT2D eigenvalue weighted by Crippen LogP contribution is 2.24. The van der Waals surface area contributed by atoms with E-state index in [0.29, 0.717) is 0 Å². The van der Waals surface area contributed by atoms with Crippen LogP contribution in [0.2, 0.25) is 0 Å². The van der Waals surface area contributed by atoms with Crippen molar-refractivity contribution < 1.29 is 9.72 Å². The van der Waals surface area contributed by atoms with Crippen LogP contribution >= 0.6 is 0 Å². The van der Waals surface area contributed by atoms with Crippen molar-refractivity contribution in [3.63, 3.8) is 0 Å². The minimum Gasteiger partial charge on any atom is -0.397 e. The average molecular weight is 207 g/mol. The summed E-state index contributed by atoms with van der Waals surface area (Å²) >= 11 is 0. The summed E-state index contributed by atoms with van der Waals surface area (Å²) in [6.07, 6.45) is 1.05. The summed E-state index contributed by atoms with van der Waals surface area (Å²) in [6, 6.07) is 3.81. The second-order valence-electron chi connectivity index (χ2n) is 2.72. The van der Waals surface area contributed by atoms with Gasteiger partial charge in [-0.25, -0.2) is 0 Å². The van der Waals surface area contributed by atoms with E-state index in [1.165, 1.54) is 18.2 Å². The first kappa shape index (κ1) is 10.7. The van der Waals surface area contributed by atoms with Gasteiger partial charge in [-0.05, 0) is 12.1 Å². The van der Waals surface area contributed by atoms with Gasteiger partial charge in [-0.3, -0.25) is 14.9 Å². The Balaban J connectivity index is 3.05. The summed E-state index contributed by atoms with van der Waals surface area (Å²) in [5, 5.41) is 12.8. The largest absolute Gasteiger partial charge is 0.397 e. The van der Waals surface area contributed by atoms with Gasteiger partial charge in [-0.2, -0.15) is 0 Å². The molecule has 6 nitrogen and oxygen atoms in total. The second-order valence-corrected chi connectivity index (χ2v) is 2.72. The molecule has 1 rings (SSSR count). The average Bonchev–Trinajstić information content (AvgIpc) is 2.20. The number of rotatable bonds is 3. The number of benzene rings is 1. The Bertz CT molecular complexity index is 429. The molecule has 15 heavy (non-hydrogen) atoms. The molecule has 0 saturated heterocycles. The van der Waals surface area contributed by atoms with Gasteiger partial charge in [-0.1, -0.05) is 6.58 Å². The summed E-state index contributed by atoms with van der Waals surface area (Å²) < 4.78 is 0. The molecule has 0 bridgehead atoms. The van der Waals surface area contributed by atoms with Gasteiger partial charge >= 0.3 is 0 Å². The molecular weight excluding hydrogens is 198 g/mol. The van der Waals surface area contributed by atoms with Crippen LogP contribution in [0.1, 0.15) is 0 Å². The van der Waals surface area contributed by atoms with E-state index >= 15 is 0 Å². The van der Waals surface area contributed by atoms with Crippen LogP contribution in [-0.4, -0.2) is 10.8 Å². The number of nitro benzene ring substituents is 1. The first-order valence-corrected chi connectivity index (χ1v) is 4.02. The molecule has 0 aliphatic rings. The lowest BCUT2D eigenvalue weighted by Crippen LogP contribution is -2.09. The number of carbonyl (C=O) groups is 1. The van der Waals surface area contributed by atoms with E-state index < -0.39 is 10.8 Å². The first-order valence-electron chi connectivity index (χ1n) is 4.02. The lowest BCUT2D eigenvalue weighted by molar-refractivity contribution is -0.384. The topological polar surface area (TPSA) is 98.3 Å². The highest BCUT2D eigenvalue weighted by Gasteiger charge is 2.09. The highest BCUT2D eigenvalue weighted by atomic mass is 16.6. The summed E-state index contributed by atoms with van der Waals surface area (Å²) in [6.45, 7) is 3.26. The molecule has 78 valence electrons. The number of hydrogen-bond donors (Lipinski definition) is 2. The molecule has 0 aromatic heterocycles. The predicted octanol–water partition coefficient (Wildman–Crippen LogP) is 1.30. The zero-order valence-corrected chi connectivity index (χ0v) is 7.77. The third-order valence-electron chi connectivity index (χ3n) is 1.69. The van der Waals surface area contributed by atoms with Crippen LogP contribution in [0.5, 0.6) is 0 Å². The Hall–Kier alpha value is -2.37. The predicted molar refractivity (Wildman–Crippen MR) is 56.3 cm³/mol. The Morgan fingerprint density at radius 1 is 1.60 bits per heavy atom. The van der Waals surface area contributed by atoms with E-state index in [2.05, 4.69) is 11.9 Å². The number of nitro groups is 1. The molecular formula is C9H9N3O3. The molecule has 3 N–H and O–H groups in total. The Morgan fingerprint density at radius 3 is 2.80 bits per heavy atom. The van der Waals surface area contributed by atoms with Crippen LogP contribution in [0.25, 0.3) is 0 Å². The number of amides is 1. The third-order valence-corrected chi connectivity index (χ3v) is 1.69. The lowest BCUT2D eigenvalue weighted by Gasteiger charge is -2.05. The van der Waals surface area contributed by atoms with Crippen molar-refractivity contribution in [3.05, 3.63) is 41.0 Å². The van der Waals surface area contributed by atoms with E-state index in [9.17, 15) is 14.9 Å². The number of non-ortho nitro benzene ring substituents is 1. The Morgan fingerprint density at radius 2 is 2.27 bits per heavy atom. The molecule has 1 aromatic rings. The fourth-order valence-corrected chi connectivity index (χ4v) is 0.950. The Kier molecular flexibility index (Phi) is 3.02. The van der Waals surface area contributed by atoms with Crippen LogP contribution in [0, 0.1) is 10.1 Å².